The number of ether oxygens (including phenoxy) is 1. The van der Waals surface area contributed by atoms with Gasteiger partial charge in [0.25, 0.3) is 0 Å². The van der Waals surface area contributed by atoms with Gasteiger partial charge in [-0.25, -0.2) is 0 Å². The summed E-state index contributed by atoms with van der Waals surface area (Å²) in [5, 5.41) is -0.00740. The molecule has 19 heavy (non-hydrogen) atoms. The maximum Gasteiger partial charge on any atom is 0.119 e. The minimum atomic E-state index is -0.00740. The lowest BCUT2D eigenvalue weighted by molar-refractivity contribution is 0.414. The Balaban J connectivity index is 2.20. The van der Waals surface area contributed by atoms with Crippen LogP contribution in [-0.4, -0.2) is 7.11 Å². The van der Waals surface area contributed by atoms with Gasteiger partial charge in [-0.3, -0.25) is 0 Å². The molecule has 2 heteroatoms. The molecule has 0 N–H and O–H groups in total. The van der Waals surface area contributed by atoms with Crippen LogP contribution in [0.2, 0.25) is 0 Å². The van der Waals surface area contributed by atoms with Crippen LogP contribution in [-0.2, 0) is 6.42 Å². The van der Waals surface area contributed by atoms with Gasteiger partial charge in [-0.15, -0.1) is 11.6 Å². The van der Waals surface area contributed by atoms with Crippen molar-refractivity contribution in [2.24, 2.45) is 0 Å². The Hall–Kier alpha value is -1.47. The van der Waals surface area contributed by atoms with E-state index in [4.69, 9.17) is 16.3 Å². The van der Waals surface area contributed by atoms with E-state index >= 15 is 0 Å². The van der Waals surface area contributed by atoms with E-state index in [9.17, 15) is 0 Å². The maximum atomic E-state index is 6.57. The maximum absolute atomic E-state index is 6.57. The van der Waals surface area contributed by atoms with Gasteiger partial charge in [0.15, 0.2) is 0 Å². The van der Waals surface area contributed by atoms with Gasteiger partial charge in [0.2, 0.25) is 0 Å². The van der Waals surface area contributed by atoms with E-state index in [-0.39, 0.29) is 5.38 Å². The van der Waals surface area contributed by atoms with Gasteiger partial charge < -0.3 is 4.74 Å². The fourth-order valence-electron chi connectivity index (χ4n) is 2.23. The van der Waals surface area contributed by atoms with Crippen molar-refractivity contribution in [2.75, 3.05) is 7.11 Å². The summed E-state index contributed by atoms with van der Waals surface area (Å²) >= 11 is 6.57. The highest BCUT2D eigenvalue weighted by molar-refractivity contribution is 6.21. The predicted octanol–water partition coefficient (Wildman–Crippen LogP) is 4.83. The van der Waals surface area contributed by atoms with Gasteiger partial charge in [-0.1, -0.05) is 30.3 Å². The molecule has 1 unspecified atom stereocenters. The molecule has 1 nitrogen and oxygen atoms in total. The predicted molar refractivity (Wildman–Crippen MR) is 81.2 cm³/mol. The molecule has 0 aliphatic carbocycles. The van der Waals surface area contributed by atoms with E-state index in [1.165, 1.54) is 22.3 Å². The molecule has 0 amide bonds. The zero-order valence-electron chi connectivity index (χ0n) is 11.6. The van der Waals surface area contributed by atoms with Gasteiger partial charge in [-0.05, 0) is 54.7 Å². The average Bonchev–Trinajstić information content (AvgIpc) is 2.42. The van der Waals surface area contributed by atoms with Crippen molar-refractivity contribution in [1.29, 1.82) is 0 Å². The number of hydrogen-bond acceptors (Lipinski definition) is 1. The van der Waals surface area contributed by atoms with Crippen molar-refractivity contribution in [3.63, 3.8) is 0 Å². The first-order valence-electron chi connectivity index (χ1n) is 6.45. The molecule has 100 valence electrons. The molecule has 0 saturated heterocycles. The topological polar surface area (TPSA) is 9.23 Å². The summed E-state index contributed by atoms with van der Waals surface area (Å²) in [4.78, 5) is 0. The van der Waals surface area contributed by atoms with Crippen molar-refractivity contribution in [3.8, 4) is 5.75 Å². The smallest absolute Gasteiger partial charge is 0.119 e. The summed E-state index contributed by atoms with van der Waals surface area (Å²) in [5.41, 5.74) is 4.98. The molecule has 0 saturated carbocycles. The fraction of sp³-hybridized carbons (Fsp3) is 0.294. The molecule has 0 fully saturated rings. The summed E-state index contributed by atoms with van der Waals surface area (Å²) in [7, 11) is 1.68. The quantitative estimate of drug-likeness (QED) is 0.725. The Morgan fingerprint density at radius 1 is 1.11 bits per heavy atom. The number of rotatable bonds is 4. The Kier molecular flexibility index (Phi) is 4.49. The molecule has 0 bridgehead atoms. The third-order valence-electron chi connectivity index (χ3n) is 3.53. The van der Waals surface area contributed by atoms with Crippen LogP contribution in [0.5, 0.6) is 5.75 Å². The SMILES string of the molecule is COc1cccc(CC(Cl)c2cccc(C)c2C)c1. The van der Waals surface area contributed by atoms with Crippen molar-refractivity contribution in [1.82, 2.24) is 0 Å². The van der Waals surface area contributed by atoms with Crippen LogP contribution >= 0.6 is 11.6 Å². The summed E-state index contributed by atoms with van der Waals surface area (Å²) in [6.07, 6.45) is 0.809. The molecule has 2 rings (SSSR count). The molecular weight excluding hydrogens is 256 g/mol. The number of hydrogen-bond donors (Lipinski definition) is 0. The van der Waals surface area contributed by atoms with Gasteiger partial charge in [0, 0.05) is 0 Å². The number of halogens is 1. The zero-order chi connectivity index (χ0) is 13.8. The second-order valence-corrected chi connectivity index (χ2v) is 5.34. The first-order chi connectivity index (χ1) is 9.11. The zero-order valence-corrected chi connectivity index (χ0v) is 12.4. The lowest BCUT2D eigenvalue weighted by Crippen LogP contribution is -2.00. The fourth-order valence-corrected chi connectivity index (χ4v) is 2.64. The van der Waals surface area contributed by atoms with E-state index in [2.05, 4.69) is 38.1 Å². The first-order valence-corrected chi connectivity index (χ1v) is 6.88. The lowest BCUT2D eigenvalue weighted by atomic mass is 9.97. The Morgan fingerprint density at radius 2 is 1.84 bits per heavy atom. The summed E-state index contributed by atoms with van der Waals surface area (Å²) in [6, 6.07) is 14.4. The van der Waals surface area contributed by atoms with Crippen LogP contribution in [0.15, 0.2) is 42.5 Å². The second kappa shape index (κ2) is 6.12. The van der Waals surface area contributed by atoms with Crippen LogP contribution in [0, 0.1) is 13.8 Å². The number of aryl methyl sites for hydroxylation is 1. The number of methoxy groups -OCH3 is 1. The van der Waals surface area contributed by atoms with Gasteiger partial charge in [0.1, 0.15) is 5.75 Å². The highest BCUT2D eigenvalue weighted by atomic mass is 35.5. The average molecular weight is 275 g/mol. The van der Waals surface area contributed by atoms with E-state index in [1.54, 1.807) is 7.11 Å². The number of alkyl halides is 1. The largest absolute Gasteiger partial charge is 0.497 e. The standard InChI is InChI=1S/C17H19ClO/c1-12-6-4-9-16(13(12)2)17(18)11-14-7-5-8-15(10-14)19-3/h4-10,17H,11H2,1-3H3. The van der Waals surface area contributed by atoms with Crippen LogP contribution in [0.3, 0.4) is 0 Å². The minimum absolute atomic E-state index is 0.00740. The van der Waals surface area contributed by atoms with Crippen molar-refractivity contribution < 1.29 is 4.74 Å². The van der Waals surface area contributed by atoms with Gasteiger partial charge in [-0.2, -0.15) is 0 Å². The number of benzene rings is 2. The van der Waals surface area contributed by atoms with Crippen molar-refractivity contribution >= 4 is 11.6 Å². The van der Waals surface area contributed by atoms with Crippen molar-refractivity contribution in [2.45, 2.75) is 25.6 Å². The Bertz CT molecular complexity index is 563. The summed E-state index contributed by atoms with van der Waals surface area (Å²) < 4.78 is 5.24. The molecule has 0 aliphatic rings. The molecule has 0 aromatic heterocycles. The molecule has 2 aromatic rings. The first kappa shape index (κ1) is 14.0. The van der Waals surface area contributed by atoms with E-state index < -0.39 is 0 Å². The van der Waals surface area contributed by atoms with E-state index in [1.807, 2.05) is 18.2 Å². The molecule has 0 heterocycles. The summed E-state index contributed by atoms with van der Waals surface area (Å²) in [5.74, 6) is 0.877. The molecule has 0 aliphatic heterocycles. The third kappa shape index (κ3) is 3.30. The molecule has 0 spiro atoms. The van der Waals surface area contributed by atoms with Gasteiger partial charge >= 0.3 is 0 Å². The van der Waals surface area contributed by atoms with E-state index in [0.29, 0.717) is 0 Å². The van der Waals surface area contributed by atoms with Crippen LogP contribution in [0.25, 0.3) is 0 Å². The van der Waals surface area contributed by atoms with Crippen LogP contribution in [0.4, 0.5) is 0 Å². The Morgan fingerprint density at radius 3 is 2.58 bits per heavy atom. The summed E-state index contributed by atoms with van der Waals surface area (Å²) in [6.45, 7) is 4.25. The highest BCUT2D eigenvalue weighted by Gasteiger charge is 2.12. The second-order valence-electron chi connectivity index (χ2n) is 4.81. The normalized spacial score (nSPS) is 12.2. The molecule has 0 radical (unpaired) electrons. The highest BCUT2D eigenvalue weighted by Crippen LogP contribution is 2.29. The molecular formula is C17H19ClO. The molecule has 1 atom stereocenters. The van der Waals surface area contributed by atoms with Crippen LogP contribution < -0.4 is 4.74 Å². The Labute approximate surface area is 120 Å². The lowest BCUT2D eigenvalue weighted by Gasteiger charge is -2.15. The minimum Gasteiger partial charge on any atom is -0.497 e. The monoisotopic (exact) mass is 274 g/mol. The van der Waals surface area contributed by atoms with E-state index in [0.717, 1.165) is 12.2 Å². The molecule has 2 aromatic carbocycles. The third-order valence-corrected chi connectivity index (χ3v) is 3.92. The van der Waals surface area contributed by atoms with Crippen molar-refractivity contribution in [3.05, 3.63) is 64.7 Å². The van der Waals surface area contributed by atoms with Crippen LogP contribution in [0.1, 0.15) is 27.6 Å². The van der Waals surface area contributed by atoms with Gasteiger partial charge in [0.05, 0.1) is 12.5 Å².